The molecule has 0 aromatic heterocycles. The Hall–Kier alpha value is -0.910. The number of sulfonamides is 1. The summed E-state index contributed by atoms with van der Waals surface area (Å²) < 4.78 is 26.2. The van der Waals surface area contributed by atoms with Gasteiger partial charge >= 0.3 is 0 Å². The number of hydrogen-bond acceptors (Lipinski definition) is 6. The molecule has 0 bridgehead atoms. The van der Waals surface area contributed by atoms with Gasteiger partial charge in [-0.05, 0) is 18.1 Å². The van der Waals surface area contributed by atoms with Crippen molar-refractivity contribution in [1.82, 2.24) is 14.9 Å². The van der Waals surface area contributed by atoms with E-state index in [0.717, 1.165) is 23.8 Å². The van der Waals surface area contributed by atoms with Gasteiger partial charge in [-0.3, -0.25) is 4.99 Å². The number of rotatable bonds is 6. The van der Waals surface area contributed by atoms with Crippen molar-refractivity contribution in [2.45, 2.75) is 17.9 Å². The first-order valence-electron chi connectivity index (χ1n) is 7.23. The van der Waals surface area contributed by atoms with E-state index in [1.807, 2.05) is 0 Å². The molecule has 0 fully saturated rings. The summed E-state index contributed by atoms with van der Waals surface area (Å²) in [5, 5.41) is 15.2. The number of guanidine groups is 1. The van der Waals surface area contributed by atoms with Crippen molar-refractivity contribution in [2.24, 2.45) is 4.99 Å². The maximum Gasteiger partial charge on any atom is 0.243 e. The van der Waals surface area contributed by atoms with Crippen molar-refractivity contribution >= 4 is 40.0 Å². The minimum absolute atomic E-state index is 0. The van der Waals surface area contributed by atoms with Crippen LogP contribution in [-0.2, 0) is 16.6 Å². The van der Waals surface area contributed by atoms with Gasteiger partial charge in [0, 0.05) is 33.2 Å². The maximum atomic E-state index is 12.5. The van der Waals surface area contributed by atoms with Gasteiger partial charge in [-0.2, -0.15) is 4.31 Å². The van der Waals surface area contributed by atoms with Crippen molar-refractivity contribution in [1.29, 1.82) is 0 Å². The second kappa shape index (κ2) is 9.40. The SMILES string of the molecule is CN(CCO)S(=O)(=O)c1ccccc1CNC1=NCCCN1.I. The highest BCUT2D eigenvalue weighted by Crippen LogP contribution is 2.19. The fourth-order valence-electron chi connectivity index (χ4n) is 2.16. The number of hydrogen-bond donors (Lipinski definition) is 3. The minimum Gasteiger partial charge on any atom is -0.395 e. The molecule has 1 aliphatic heterocycles. The Labute approximate surface area is 154 Å². The van der Waals surface area contributed by atoms with E-state index < -0.39 is 10.0 Å². The van der Waals surface area contributed by atoms with Gasteiger partial charge in [0.15, 0.2) is 5.96 Å². The highest BCUT2D eigenvalue weighted by atomic mass is 127. The van der Waals surface area contributed by atoms with Crippen LogP contribution in [-0.4, -0.2) is 57.1 Å². The number of aliphatic hydroxyl groups is 1. The lowest BCUT2D eigenvalue weighted by Crippen LogP contribution is -2.40. The van der Waals surface area contributed by atoms with E-state index in [1.165, 1.54) is 7.05 Å². The van der Waals surface area contributed by atoms with Crippen LogP contribution in [0.4, 0.5) is 0 Å². The Morgan fingerprint density at radius 1 is 1.39 bits per heavy atom. The molecule has 0 spiro atoms. The Morgan fingerprint density at radius 2 is 2.13 bits per heavy atom. The van der Waals surface area contributed by atoms with Crippen LogP contribution in [0, 0.1) is 0 Å². The average molecular weight is 454 g/mol. The third kappa shape index (κ3) is 5.30. The third-order valence-electron chi connectivity index (χ3n) is 3.42. The molecule has 7 nitrogen and oxygen atoms in total. The van der Waals surface area contributed by atoms with Gasteiger partial charge in [-0.1, -0.05) is 18.2 Å². The van der Waals surface area contributed by atoms with Gasteiger partial charge in [0.05, 0.1) is 11.5 Å². The van der Waals surface area contributed by atoms with E-state index >= 15 is 0 Å². The Morgan fingerprint density at radius 3 is 2.78 bits per heavy atom. The zero-order valence-corrected chi connectivity index (χ0v) is 16.2. The van der Waals surface area contributed by atoms with Crippen LogP contribution in [0.15, 0.2) is 34.2 Å². The van der Waals surface area contributed by atoms with E-state index in [1.54, 1.807) is 24.3 Å². The number of aliphatic hydroxyl groups excluding tert-OH is 1. The molecule has 0 saturated carbocycles. The van der Waals surface area contributed by atoms with E-state index in [2.05, 4.69) is 15.6 Å². The van der Waals surface area contributed by atoms with Gasteiger partial charge < -0.3 is 15.7 Å². The predicted molar refractivity (Wildman–Crippen MR) is 101 cm³/mol. The number of nitrogens with one attached hydrogen (secondary N) is 2. The van der Waals surface area contributed by atoms with Crippen LogP contribution >= 0.6 is 24.0 Å². The van der Waals surface area contributed by atoms with Gasteiger partial charge in [0.1, 0.15) is 0 Å². The summed E-state index contributed by atoms with van der Waals surface area (Å²) in [6.45, 7) is 1.86. The third-order valence-corrected chi connectivity index (χ3v) is 5.38. The number of nitrogens with zero attached hydrogens (tertiary/aromatic N) is 2. The smallest absolute Gasteiger partial charge is 0.243 e. The summed E-state index contributed by atoms with van der Waals surface area (Å²) in [5.74, 6) is 0.696. The lowest BCUT2D eigenvalue weighted by Gasteiger charge is -2.20. The summed E-state index contributed by atoms with van der Waals surface area (Å²) in [6.07, 6.45) is 1.00. The molecule has 9 heteroatoms. The molecule has 0 aliphatic carbocycles. The van der Waals surface area contributed by atoms with Crippen LogP contribution in [0.1, 0.15) is 12.0 Å². The Balaban J connectivity index is 0.00000264. The minimum atomic E-state index is -3.61. The predicted octanol–water partition coefficient (Wildman–Crippen LogP) is 0.356. The summed E-state index contributed by atoms with van der Waals surface area (Å²) in [5.41, 5.74) is 0.669. The lowest BCUT2D eigenvalue weighted by molar-refractivity contribution is 0.266. The van der Waals surface area contributed by atoms with Crippen molar-refractivity contribution in [3.05, 3.63) is 29.8 Å². The summed E-state index contributed by atoms with van der Waals surface area (Å²) in [7, 11) is -2.15. The molecule has 0 radical (unpaired) electrons. The van der Waals surface area contributed by atoms with E-state index in [0.29, 0.717) is 18.1 Å². The first kappa shape index (κ1) is 20.1. The van der Waals surface area contributed by atoms with Crippen LogP contribution in [0.3, 0.4) is 0 Å². The molecule has 0 unspecified atom stereocenters. The number of aliphatic imine (C=N–C) groups is 1. The fourth-order valence-corrected chi connectivity index (χ4v) is 3.54. The normalized spacial score (nSPS) is 14.7. The standard InChI is InChI=1S/C14H22N4O3S.HI/c1-18(9-10-19)22(20,21)13-6-3-2-5-12(13)11-17-14-15-7-4-8-16-14;/h2-3,5-6,19H,4,7-11H2,1H3,(H2,15,16,17);1H. The van der Waals surface area contributed by atoms with Crippen molar-refractivity contribution in [3.63, 3.8) is 0 Å². The molecule has 3 N–H and O–H groups in total. The largest absolute Gasteiger partial charge is 0.395 e. The zero-order valence-electron chi connectivity index (χ0n) is 13.0. The van der Waals surface area contributed by atoms with Crippen LogP contribution in [0.5, 0.6) is 0 Å². The van der Waals surface area contributed by atoms with Gasteiger partial charge in [0.25, 0.3) is 0 Å². The topological polar surface area (TPSA) is 94.0 Å². The molecule has 130 valence electrons. The van der Waals surface area contributed by atoms with E-state index in [-0.39, 0.29) is 42.0 Å². The Kier molecular flexibility index (Phi) is 8.23. The Bertz CT molecular complexity index is 637. The molecule has 1 aliphatic rings. The number of benzene rings is 1. The van der Waals surface area contributed by atoms with Crippen molar-refractivity contribution < 1.29 is 13.5 Å². The first-order chi connectivity index (χ1) is 10.6. The molecule has 0 atom stereocenters. The molecule has 1 aromatic carbocycles. The van der Waals surface area contributed by atoms with Crippen LogP contribution in [0.25, 0.3) is 0 Å². The van der Waals surface area contributed by atoms with Crippen LogP contribution < -0.4 is 10.6 Å². The van der Waals surface area contributed by atoms with Crippen molar-refractivity contribution in [2.75, 3.05) is 33.3 Å². The number of likely N-dealkylation sites (N-methyl/N-ethyl adjacent to an activating group) is 1. The maximum absolute atomic E-state index is 12.5. The lowest BCUT2D eigenvalue weighted by atomic mass is 10.2. The van der Waals surface area contributed by atoms with Crippen LogP contribution in [0.2, 0.25) is 0 Å². The molecular formula is C14H23IN4O3S. The summed E-state index contributed by atoms with van der Waals surface area (Å²) in [6, 6.07) is 6.85. The van der Waals surface area contributed by atoms with Crippen molar-refractivity contribution in [3.8, 4) is 0 Å². The molecular weight excluding hydrogens is 431 g/mol. The summed E-state index contributed by atoms with van der Waals surface area (Å²) >= 11 is 0. The molecule has 23 heavy (non-hydrogen) atoms. The highest BCUT2D eigenvalue weighted by Gasteiger charge is 2.23. The quantitative estimate of drug-likeness (QED) is 0.540. The second-order valence-electron chi connectivity index (χ2n) is 5.02. The number of halogens is 1. The zero-order chi connectivity index (χ0) is 16.0. The average Bonchev–Trinajstić information content (AvgIpc) is 2.54. The molecule has 1 aromatic rings. The molecule has 0 amide bonds. The first-order valence-corrected chi connectivity index (χ1v) is 8.67. The summed E-state index contributed by atoms with van der Waals surface area (Å²) in [4.78, 5) is 4.55. The molecule has 0 saturated heterocycles. The van der Waals surface area contributed by atoms with Gasteiger partial charge in [0.2, 0.25) is 10.0 Å². The second-order valence-corrected chi connectivity index (χ2v) is 7.04. The van der Waals surface area contributed by atoms with Gasteiger partial charge in [-0.25, -0.2) is 8.42 Å². The highest BCUT2D eigenvalue weighted by molar-refractivity contribution is 14.0. The molecule has 2 rings (SSSR count). The van der Waals surface area contributed by atoms with E-state index in [9.17, 15) is 8.42 Å². The molecule has 1 heterocycles. The fraction of sp³-hybridized carbons (Fsp3) is 0.500. The van der Waals surface area contributed by atoms with E-state index in [4.69, 9.17) is 5.11 Å². The monoisotopic (exact) mass is 454 g/mol. The van der Waals surface area contributed by atoms with Gasteiger partial charge in [-0.15, -0.1) is 24.0 Å².